The fourth-order valence-corrected chi connectivity index (χ4v) is 3.92. The highest BCUT2D eigenvalue weighted by molar-refractivity contribution is 5.58. The molecule has 3 heterocycles. The average Bonchev–Trinajstić information content (AvgIpc) is 3.23. The number of hydrogen-bond acceptors (Lipinski definition) is 5. The number of nitriles is 1. The maximum atomic E-state index is 9.53. The molecule has 0 saturated carbocycles. The number of anilines is 1. The third kappa shape index (κ3) is 2.35. The molecular formula is C18H22N6. The molecule has 0 radical (unpaired) electrons. The minimum atomic E-state index is 0.411. The van der Waals surface area contributed by atoms with Crippen LogP contribution in [0, 0.1) is 25.2 Å². The fourth-order valence-electron chi connectivity index (χ4n) is 3.92. The molecule has 2 aliphatic rings. The van der Waals surface area contributed by atoms with Gasteiger partial charge in [-0.15, -0.1) is 5.10 Å². The van der Waals surface area contributed by atoms with Crippen LogP contribution in [0.3, 0.4) is 0 Å². The van der Waals surface area contributed by atoms with Gasteiger partial charge in [-0.05, 0) is 51.5 Å². The highest BCUT2D eigenvalue weighted by Crippen LogP contribution is 2.32. The van der Waals surface area contributed by atoms with Crippen molar-refractivity contribution >= 4 is 5.82 Å². The second-order valence-corrected chi connectivity index (χ2v) is 6.86. The Morgan fingerprint density at radius 2 is 2.04 bits per heavy atom. The number of imidazole rings is 1. The van der Waals surface area contributed by atoms with Gasteiger partial charge in [-0.2, -0.15) is 10.4 Å². The number of fused-ring (bicyclic) bond motifs is 1. The monoisotopic (exact) mass is 322 g/mol. The predicted molar refractivity (Wildman–Crippen MR) is 91.0 cm³/mol. The molecule has 1 saturated heterocycles. The topological polar surface area (TPSA) is 70.6 Å². The van der Waals surface area contributed by atoms with E-state index in [1.165, 1.54) is 24.2 Å². The Morgan fingerprint density at radius 3 is 2.88 bits per heavy atom. The quantitative estimate of drug-likeness (QED) is 0.849. The van der Waals surface area contributed by atoms with Gasteiger partial charge in [-0.25, -0.2) is 4.98 Å². The minimum Gasteiger partial charge on any atom is -0.352 e. The van der Waals surface area contributed by atoms with Crippen molar-refractivity contribution in [1.82, 2.24) is 19.7 Å². The highest BCUT2D eigenvalue weighted by Gasteiger charge is 2.30. The molecule has 0 N–H and O–H groups in total. The van der Waals surface area contributed by atoms with E-state index in [1.807, 2.05) is 20.2 Å². The molecule has 24 heavy (non-hydrogen) atoms. The Bertz CT molecular complexity index is 816. The number of aromatic nitrogens is 4. The molecule has 0 spiro atoms. The molecular weight excluding hydrogens is 300 g/mol. The van der Waals surface area contributed by atoms with E-state index in [2.05, 4.69) is 30.7 Å². The van der Waals surface area contributed by atoms with Crippen LogP contribution in [0.2, 0.25) is 0 Å². The summed E-state index contributed by atoms with van der Waals surface area (Å²) >= 11 is 0. The largest absolute Gasteiger partial charge is 0.352 e. The first-order valence-corrected chi connectivity index (χ1v) is 8.72. The minimum absolute atomic E-state index is 0.411. The lowest BCUT2D eigenvalue weighted by atomic mass is 10.0. The maximum Gasteiger partial charge on any atom is 0.169 e. The van der Waals surface area contributed by atoms with Gasteiger partial charge >= 0.3 is 0 Å². The van der Waals surface area contributed by atoms with Crippen LogP contribution in [0.5, 0.6) is 0 Å². The van der Waals surface area contributed by atoms with E-state index < -0.39 is 0 Å². The molecule has 1 aliphatic carbocycles. The molecule has 1 fully saturated rings. The molecule has 6 heteroatoms. The third-order valence-electron chi connectivity index (χ3n) is 5.46. The standard InChI is InChI=1S/C18H22N6/c1-12-13(2)21-22-18(15(12)9-19)23-8-7-14(10-23)24-11-20-16-5-3-4-6-17(16)24/h11,14H,3-8,10H2,1-2H3/t14-/m1/s1. The van der Waals surface area contributed by atoms with Gasteiger partial charge in [0, 0.05) is 18.8 Å². The van der Waals surface area contributed by atoms with E-state index >= 15 is 0 Å². The van der Waals surface area contributed by atoms with Gasteiger partial charge < -0.3 is 9.47 Å². The molecule has 1 aliphatic heterocycles. The Morgan fingerprint density at radius 1 is 1.21 bits per heavy atom. The van der Waals surface area contributed by atoms with Crippen molar-refractivity contribution in [2.24, 2.45) is 0 Å². The van der Waals surface area contributed by atoms with Crippen LogP contribution in [-0.2, 0) is 12.8 Å². The van der Waals surface area contributed by atoms with Crippen LogP contribution in [0.15, 0.2) is 6.33 Å². The zero-order valence-electron chi connectivity index (χ0n) is 14.3. The van der Waals surface area contributed by atoms with Crippen molar-refractivity contribution in [3.63, 3.8) is 0 Å². The van der Waals surface area contributed by atoms with E-state index in [1.54, 1.807) is 0 Å². The summed E-state index contributed by atoms with van der Waals surface area (Å²) in [6, 6.07) is 2.73. The predicted octanol–water partition coefficient (Wildman–Crippen LogP) is 2.49. The Balaban J connectivity index is 1.61. The SMILES string of the molecule is Cc1nnc(N2CC[C@@H](n3cnc4c3CCCC4)C2)c(C#N)c1C. The molecule has 2 aromatic heterocycles. The van der Waals surface area contributed by atoms with Crippen molar-refractivity contribution in [2.45, 2.75) is 52.0 Å². The first-order valence-electron chi connectivity index (χ1n) is 8.72. The molecule has 0 aromatic carbocycles. The fraction of sp³-hybridized carbons (Fsp3) is 0.556. The van der Waals surface area contributed by atoms with E-state index in [9.17, 15) is 5.26 Å². The summed E-state index contributed by atoms with van der Waals surface area (Å²) in [5.74, 6) is 0.733. The van der Waals surface area contributed by atoms with Gasteiger partial charge in [0.05, 0.1) is 23.8 Å². The van der Waals surface area contributed by atoms with Gasteiger partial charge in [0.15, 0.2) is 5.82 Å². The zero-order chi connectivity index (χ0) is 16.7. The van der Waals surface area contributed by atoms with Gasteiger partial charge in [0.25, 0.3) is 0 Å². The second kappa shape index (κ2) is 5.90. The van der Waals surface area contributed by atoms with Crippen LogP contribution >= 0.6 is 0 Å². The number of rotatable bonds is 2. The van der Waals surface area contributed by atoms with E-state index in [4.69, 9.17) is 0 Å². The number of hydrogen-bond donors (Lipinski definition) is 0. The summed E-state index contributed by atoms with van der Waals surface area (Å²) in [6.07, 6.45) is 7.84. The normalized spacial score (nSPS) is 20.0. The molecule has 6 nitrogen and oxygen atoms in total. The van der Waals surface area contributed by atoms with Gasteiger partial charge in [0.1, 0.15) is 11.6 Å². The second-order valence-electron chi connectivity index (χ2n) is 6.86. The van der Waals surface area contributed by atoms with Gasteiger partial charge in [0.2, 0.25) is 0 Å². The first-order chi connectivity index (χ1) is 11.7. The van der Waals surface area contributed by atoms with Crippen LogP contribution in [0.1, 0.15) is 53.5 Å². The van der Waals surface area contributed by atoms with Crippen LogP contribution in [-0.4, -0.2) is 32.8 Å². The average molecular weight is 322 g/mol. The summed E-state index contributed by atoms with van der Waals surface area (Å²) in [5.41, 5.74) is 5.12. The summed E-state index contributed by atoms with van der Waals surface area (Å²) in [4.78, 5) is 6.83. The summed E-state index contributed by atoms with van der Waals surface area (Å²) in [7, 11) is 0. The number of aryl methyl sites for hydroxylation is 2. The molecule has 1 atom stereocenters. The van der Waals surface area contributed by atoms with E-state index in [0.717, 1.165) is 49.4 Å². The maximum absolute atomic E-state index is 9.53. The third-order valence-corrected chi connectivity index (χ3v) is 5.46. The van der Waals surface area contributed by atoms with Crippen LogP contribution in [0.4, 0.5) is 5.82 Å². The molecule has 2 aromatic rings. The Kier molecular flexibility index (Phi) is 3.72. The van der Waals surface area contributed by atoms with E-state index in [0.29, 0.717) is 11.6 Å². The van der Waals surface area contributed by atoms with E-state index in [-0.39, 0.29) is 0 Å². The van der Waals surface area contributed by atoms with Crippen molar-refractivity contribution in [2.75, 3.05) is 18.0 Å². The van der Waals surface area contributed by atoms with Gasteiger partial charge in [-0.1, -0.05) is 0 Å². The van der Waals surface area contributed by atoms with Crippen molar-refractivity contribution in [3.8, 4) is 6.07 Å². The summed E-state index contributed by atoms with van der Waals surface area (Å²) in [6.45, 7) is 5.63. The summed E-state index contributed by atoms with van der Waals surface area (Å²) < 4.78 is 2.37. The molecule has 4 rings (SSSR count). The lowest BCUT2D eigenvalue weighted by molar-refractivity contribution is 0.514. The highest BCUT2D eigenvalue weighted by atomic mass is 15.3. The molecule has 0 unspecified atom stereocenters. The Hall–Kier alpha value is -2.42. The zero-order valence-corrected chi connectivity index (χ0v) is 14.3. The molecule has 124 valence electrons. The van der Waals surface area contributed by atoms with Crippen LogP contribution in [0.25, 0.3) is 0 Å². The van der Waals surface area contributed by atoms with Crippen molar-refractivity contribution in [1.29, 1.82) is 5.26 Å². The molecule has 0 amide bonds. The number of nitrogens with zero attached hydrogens (tertiary/aromatic N) is 6. The summed E-state index contributed by atoms with van der Waals surface area (Å²) in [5, 5.41) is 18.1. The molecule has 0 bridgehead atoms. The van der Waals surface area contributed by atoms with Crippen LogP contribution < -0.4 is 4.90 Å². The Labute approximate surface area is 142 Å². The smallest absolute Gasteiger partial charge is 0.169 e. The van der Waals surface area contributed by atoms with Crippen molar-refractivity contribution < 1.29 is 0 Å². The lowest BCUT2D eigenvalue weighted by Crippen LogP contribution is -2.24. The first kappa shape index (κ1) is 15.1. The van der Waals surface area contributed by atoms with Crippen molar-refractivity contribution in [3.05, 3.63) is 34.5 Å². The lowest BCUT2D eigenvalue weighted by Gasteiger charge is -2.21. The van der Waals surface area contributed by atoms with Gasteiger partial charge in [-0.3, -0.25) is 0 Å².